The van der Waals surface area contributed by atoms with E-state index < -0.39 is 0 Å². The number of methoxy groups -OCH3 is 1. The number of hydrogen-bond donors (Lipinski definition) is 1. The third-order valence-electron chi connectivity index (χ3n) is 5.57. The second-order valence-electron chi connectivity index (χ2n) is 7.93. The molecule has 3 heterocycles. The first-order valence-corrected chi connectivity index (χ1v) is 10.3. The highest BCUT2D eigenvalue weighted by molar-refractivity contribution is 5.44. The zero-order chi connectivity index (χ0) is 22.0. The Morgan fingerprint density at radius 2 is 2.06 bits per heavy atom. The van der Waals surface area contributed by atoms with Gasteiger partial charge in [0.05, 0.1) is 32.2 Å². The van der Waals surface area contributed by atoms with Gasteiger partial charge < -0.3 is 14.8 Å². The number of nitrogens with zero attached hydrogens (tertiary/aromatic N) is 4. The summed E-state index contributed by atoms with van der Waals surface area (Å²) in [4.78, 5) is 21.5. The highest BCUT2D eigenvalue weighted by Crippen LogP contribution is 2.46. The lowest BCUT2D eigenvalue weighted by molar-refractivity contribution is 0.278. The Morgan fingerprint density at radius 1 is 1.23 bits per heavy atom. The Kier molecular flexibility index (Phi) is 5.88. The number of ether oxygens (including phenoxy) is 2. The van der Waals surface area contributed by atoms with Crippen molar-refractivity contribution in [2.24, 2.45) is 13.0 Å². The van der Waals surface area contributed by atoms with E-state index in [9.17, 15) is 4.79 Å². The van der Waals surface area contributed by atoms with Gasteiger partial charge in [-0.3, -0.25) is 14.8 Å². The van der Waals surface area contributed by atoms with Gasteiger partial charge in [-0.25, -0.2) is 4.68 Å². The van der Waals surface area contributed by atoms with Crippen molar-refractivity contribution in [3.8, 4) is 11.6 Å². The van der Waals surface area contributed by atoms with Crippen molar-refractivity contribution in [3.63, 3.8) is 0 Å². The van der Waals surface area contributed by atoms with Gasteiger partial charge in [0.25, 0.3) is 5.56 Å². The minimum atomic E-state index is -0.204. The van der Waals surface area contributed by atoms with Crippen LogP contribution in [-0.4, -0.2) is 33.5 Å². The minimum Gasteiger partial charge on any atom is -0.495 e. The van der Waals surface area contributed by atoms with E-state index in [-0.39, 0.29) is 5.56 Å². The quantitative estimate of drug-likeness (QED) is 0.598. The molecule has 1 unspecified atom stereocenters. The van der Waals surface area contributed by atoms with E-state index in [0.717, 1.165) is 34.8 Å². The molecule has 0 saturated heterocycles. The molecule has 4 rings (SSSR count). The van der Waals surface area contributed by atoms with Gasteiger partial charge in [-0.1, -0.05) is 6.07 Å². The molecule has 162 valence electrons. The average molecular weight is 422 g/mol. The third kappa shape index (κ3) is 4.84. The maximum Gasteiger partial charge on any atom is 0.290 e. The molecule has 3 aromatic heterocycles. The summed E-state index contributed by atoms with van der Waals surface area (Å²) < 4.78 is 12.4. The van der Waals surface area contributed by atoms with Gasteiger partial charge in [0, 0.05) is 36.3 Å². The summed E-state index contributed by atoms with van der Waals surface area (Å²) in [7, 11) is 3.25. The van der Waals surface area contributed by atoms with E-state index in [2.05, 4.69) is 20.4 Å². The Balaban J connectivity index is 1.38. The van der Waals surface area contributed by atoms with Crippen LogP contribution < -0.4 is 20.3 Å². The first kappa shape index (κ1) is 20.8. The van der Waals surface area contributed by atoms with Gasteiger partial charge in [0.2, 0.25) is 5.88 Å². The average Bonchev–Trinajstić information content (AvgIpc) is 3.55. The first-order valence-electron chi connectivity index (χ1n) is 10.3. The summed E-state index contributed by atoms with van der Waals surface area (Å²) in [6.07, 6.45) is 2.76. The fraction of sp³-hybridized carbons (Fsp3) is 0.391. The van der Waals surface area contributed by atoms with E-state index >= 15 is 0 Å². The smallest absolute Gasteiger partial charge is 0.290 e. The highest BCUT2D eigenvalue weighted by Gasteiger charge is 2.40. The van der Waals surface area contributed by atoms with Gasteiger partial charge >= 0.3 is 0 Å². The van der Waals surface area contributed by atoms with Gasteiger partial charge in [-0.05, 0) is 44.0 Å². The predicted octanol–water partition coefficient (Wildman–Crippen LogP) is 2.99. The summed E-state index contributed by atoms with van der Waals surface area (Å²) in [6, 6.07) is 9.59. The van der Waals surface area contributed by atoms with Crippen LogP contribution in [-0.2, 0) is 13.6 Å². The summed E-state index contributed by atoms with van der Waals surface area (Å²) in [5, 5.41) is 7.42. The normalized spacial score (nSPS) is 17.3. The van der Waals surface area contributed by atoms with Crippen LogP contribution >= 0.6 is 0 Å². The maximum absolute atomic E-state index is 12.5. The number of pyridine rings is 2. The molecule has 8 heteroatoms. The summed E-state index contributed by atoms with van der Waals surface area (Å²) in [6.45, 7) is 4.95. The highest BCUT2D eigenvalue weighted by atomic mass is 16.5. The summed E-state index contributed by atoms with van der Waals surface area (Å²) >= 11 is 0. The molecule has 0 amide bonds. The number of hydrogen-bond acceptors (Lipinski definition) is 7. The molecule has 1 saturated carbocycles. The molecule has 0 spiro atoms. The van der Waals surface area contributed by atoms with Crippen molar-refractivity contribution >= 4 is 5.69 Å². The van der Waals surface area contributed by atoms with Crippen molar-refractivity contribution in [1.29, 1.82) is 0 Å². The molecule has 8 nitrogen and oxygen atoms in total. The molecule has 0 aliphatic heterocycles. The molecule has 3 aromatic rings. The molecule has 1 fully saturated rings. The first-order chi connectivity index (χ1) is 14.9. The predicted molar refractivity (Wildman–Crippen MR) is 118 cm³/mol. The van der Waals surface area contributed by atoms with E-state index in [0.29, 0.717) is 36.6 Å². The number of rotatable bonds is 8. The SMILES string of the molecule is COc1ccc([C@@H]2CC2COc2cc(NCc3nc(C)ccc3C)c(=O)n(C)n2)nc1. The van der Waals surface area contributed by atoms with Gasteiger partial charge in [-0.15, -0.1) is 5.10 Å². The molecule has 1 N–H and O–H groups in total. The monoisotopic (exact) mass is 421 g/mol. The van der Waals surface area contributed by atoms with Crippen LogP contribution in [0.15, 0.2) is 41.3 Å². The lowest BCUT2D eigenvalue weighted by atomic mass is 10.2. The summed E-state index contributed by atoms with van der Waals surface area (Å²) in [5.74, 6) is 1.94. The van der Waals surface area contributed by atoms with E-state index in [4.69, 9.17) is 9.47 Å². The van der Waals surface area contributed by atoms with E-state index in [1.807, 2.05) is 38.1 Å². The standard InChI is InChI=1S/C23H27N5O3/c1-14-5-6-15(2)26-21(14)12-25-20-10-22(27-28(3)23(20)29)31-13-16-9-18(16)19-8-7-17(30-4)11-24-19/h5-8,10-11,16,18,25H,9,12-13H2,1-4H3/t16?,18-/m1/s1. The molecule has 1 aliphatic rings. The molecule has 0 aromatic carbocycles. The lowest BCUT2D eigenvalue weighted by Gasteiger charge is -2.12. The molecule has 31 heavy (non-hydrogen) atoms. The topological polar surface area (TPSA) is 91.2 Å². The van der Waals surface area contributed by atoms with Crippen LogP contribution in [0.5, 0.6) is 11.6 Å². The van der Waals surface area contributed by atoms with Gasteiger partial charge in [-0.2, -0.15) is 0 Å². The number of nitrogens with one attached hydrogen (secondary N) is 1. The van der Waals surface area contributed by atoms with Crippen molar-refractivity contribution in [2.45, 2.75) is 32.7 Å². The van der Waals surface area contributed by atoms with Crippen LogP contribution in [0, 0.1) is 19.8 Å². The van der Waals surface area contributed by atoms with Crippen molar-refractivity contribution in [1.82, 2.24) is 19.7 Å². The van der Waals surface area contributed by atoms with Crippen LogP contribution in [0.4, 0.5) is 5.69 Å². The molecule has 2 atom stereocenters. The Labute approximate surface area is 181 Å². The maximum atomic E-state index is 12.5. The third-order valence-corrected chi connectivity index (χ3v) is 5.57. The van der Waals surface area contributed by atoms with Crippen molar-refractivity contribution < 1.29 is 9.47 Å². The van der Waals surface area contributed by atoms with Crippen LogP contribution in [0.2, 0.25) is 0 Å². The second kappa shape index (κ2) is 8.75. The van der Waals surface area contributed by atoms with Crippen molar-refractivity contribution in [3.05, 3.63) is 69.5 Å². The fourth-order valence-corrected chi connectivity index (χ4v) is 3.54. The fourth-order valence-electron chi connectivity index (χ4n) is 3.54. The van der Waals surface area contributed by atoms with E-state index in [1.54, 1.807) is 26.4 Å². The zero-order valence-electron chi connectivity index (χ0n) is 18.3. The van der Waals surface area contributed by atoms with Crippen LogP contribution in [0.1, 0.15) is 35.0 Å². The lowest BCUT2D eigenvalue weighted by Crippen LogP contribution is -2.24. The van der Waals surface area contributed by atoms with Crippen LogP contribution in [0.25, 0.3) is 0 Å². The Bertz CT molecular complexity index is 1130. The van der Waals surface area contributed by atoms with Gasteiger partial charge in [0.1, 0.15) is 11.4 Å². The number of aromatic nitrogens is 4. The van der Waals surface area contributed by atoms with E-state index in [1.165, 1.54) is 4.68 Å². The second-order valence-corrected chi connectivity index (χ2v) is 7.93. The number of aryl methyl sites for hydroxylation is 3. The minimum absolute atomic E-state index is 0.204. The zero-order valence-corrected chi connectivity index (χ0v) is 18.3. The van der Waals surface area contributed by atoms with Crippen molar-refractivity contribution in [2.75, 3.05) is 19.0 Å². The number of anilines is 1. The molecular formula is C23H27N5O3. The molecular weight excluding hydrogens is 394 g/mol. The van der Waals surface area contributed by atoms with Crippen LogP contribution in [0.3, 0.4) is 0 Å². The summed E-state index contributed by atoms with van der Waals surface area (Å²) in [5.41, 5.74) is 4.22. The molecule has 0 bridgehead atoms. The Hall–Kier alpha value is -3.42. The largest absolute Gasteiger partial charge is 0.495 e. The molecule has 1 aliphatic carbocycles. The molecule has 0 radical (unpaired) electrons. The Morgan fingerprint density at radius 3 is 2.81 bits per heavy atom. The van der Waals surface area contributed by atoms with Gasteiger partial charge in [0.15, 0.2) is 0 Å².